The number of ether oxygens (including phenoxy) is 1. The fourth-order valence-corrected chi connectivity index (χ4v) is 3.77. The van der Waals surface area contributed by atoms with Crippen molar-refractivity contribution >= 4 is 38.9 Å². The Bertz CT molecular complexity index is 860. The number of methoxy groups -OCH3 is 1. The van der Waals surface area contributed by atoms with Crippen molar-refractivity contribution in [1.29, 1.82) is 5.26 Å². The molecule has 0 spiro atoms. The molecular formula is C15H12Cl2N2O3S. The number of halogens is 2. The summed E-state index contributed by atoms with van der Waals surface area (Å²) >= 11 is 12.0. The molecule has 0 aliphatic heterocycles. The highest BCUT2D eigenvalue weighted by atomic mass is 35.5. The second-order valence-corrected chi connectivity index (χ2v) is 6.94. The van der Waals surface area contributed by atoms with E-state index in [0.29, 0.717) is 5.69 Å². The second-order valence-electron chi connectivity index (χ2n) is 4.53. The van der Waals surface area contributed by atoms with E-state index in [1.807, 2.05) is 6.07 Å². The Balaban J connectivity index is 2.32. The zero-order valence-corrected chi connectivity index (χ0v) is 14.3. The van der Waals surface area contributed by atoms with Crippen LogP contribution in [0.4, 0.5) is 5.69 Å². The van der Waals surface area contributed by atoms with Gasteiger partial charge in [0, 0.05) is 5.69 Å². The van der Waals surface area contributed by atoms with Crippen LogP contribution in [-0.4, -0.2) is 15.5 Å². The van der Waals surface area contributed by atoms with Gasteiger partial charge in [-0.1, -0.05) is 35.3 Å². The molecule has 0 saturated heterocycles. The Morgan fingerprint density at radius 3 is 2.35 bits per heavy atom. The van der Waals surface area contributed by atoms with Gasteiger partial charge in [0.2, 0.25) is 0 Å². The van der Waals surface area contributed by atoms with E-state index >= 15 is 0 Å². The van der Waals surface area contributed by atoms with E-state index in [4.69, 9.17) is 33.2 Å². The van der Waals surface area contributed by atoms with Gasteiger partial charge in [-0.15, -0.1) is 0 Å². The lowest BCUT2D eigenvalue weighted by atomic mass is 10.1. The summed E-state index contributed by atoms with van der Waals surface area (Å²) in [5, 5.41) is 8.54. The standard InChI is InChI=1S/C15H12Cl2N2O3S/c1-22-12-6-7-13(15(17)14(12)16)23(20,21)19-11-4-2-10(3-5-11)8-9-18/h2-7,19H,8H2,1H3. The lowest BCUT2D eigenvalue weighted by Gasteiger charge is -2.12. The van der Waals surface area contributed by atoms with Crippen LogP contribution >= 0.6 is 23.2 Å². The lowest BCUT2D eigenvalue weighted by Crippen LogP contribution is -2.13. The van der Waals surface area contributed by atoms with Gasteiger partial charge < -0.3 is 4.74 Å². The summed E-state index contributed by atoms with van der Waals surface area (Å²) in [4.78, 5) is -0.147. The Morgan fingerprint density at radius 2 is 1.78 bits per heavy atom. The molecule has 5 nitrogen and oxygen atoms in total. The summed E-state index contributed by atoms with van der Waals surface area (Å²) in [6.45, 7) is 0. The molecule has 0 saturated carbocycles. The molecule has 0 bridgehead atoms. The average molecular weight is 371 g/mol. The van der Waals surface area contributed by atoms with Crippen molar-refractivity contribution in [2.45, 2.75) is 11.3 Å². The molecule has 1 N–H and O–H groups in total. The highest BCUT2D eigenvalue weighted by molar-refractivity contribution is 7.92. The molecule has 0 heterocycles. The zero-order valence-electron chi connectivity index (χ0n) is 12.0. The van der Waals surface area contributed by atoms with Crippen LogP contribution in [0.15, 0.2) is 41.3 Å². The highest BCUT2D eigenvalue weighted by Gasteiger charge is 2.22. The van der Waals surface area contributed by atoms with Crippen LogP contribution in [0.25, 0.3) is 0 Å². The topological polar surface area (TPSA) is 79.2 Å². The smallest absolute Gasteiger partial charge is 0.263 e. The molecule has 2 rings (SSSR count). The highest BCUT2D eigenvalue weighted by Crippen LogP contribution is 2.37. The first-order valence-electron chi connectivity index (χ1n) is 6.39. The van der Waals surface area contributed by atoms with Gasteiger partial charge in [-0.25, -0.2) is 8.42 Å². The summed E-state index contributed by atoms with van der Waals surface area (Å²) in [6.07, 6.45) is 0.257. The fraction of sp³-hybridized carbons (Fsp3) is 0.133. The number of hydrogen-bond acceptors (Lipinski definition) is 4. The first-order chi connectivity index (χ1) is 10.9. The van der Waals surface area contributed by atoms with Gasteiger partial charge in [0.05, 0.1) is 24.6 Å². The third kappa shape index (κ3) is 3.88. The van der Waals surface area contributed by atoms with Crippen LogP contribution in [-0.2, 0) is 16.4 Å². The maximum Gasteiger partial charge on any atom is 0.263 e. The third-order valence-electron chi connectivity index (χ3n) is 3.01. The van der Waals surface area contributed by atoms with E-state index in [2.05, 4.69) is 4.72 Å². The molecule has 8 heteroatoms. The number of sulfonamides is 1. The molecule has 0 unspecified atom stereocenters. The minimum absolute atomic E-state index is 0.0291. The van der Waals surface area contributed by atoms with Crippen molar-refractivity contribution < 1.29 is 13.2 Å². The first kappa shape index (κ1) is 17.4. The molecule has 120 valence electrons. The molecule has 0 amide bonds. The third-order valence-corrected chi connectivity index (χ3v) is 5.41. The minimum Gasteiger partial charge on any atom is -0.495 e. The molecule has 0 aromatic heterocycles. The van der Waals surface area contributed by atoms with Crippen LogP contribution in [0.1, 0.15) is 5.56 Å². The fourth-order valence-electron chi connectivity index (χ4n) is 1.87. The Morgan fingerprint density at radius 1 is 1.13 bits per heavy atom. The Hall–Kier alpha value is -1.94. The summed E-state index contributed by atoms with van der Waals surface area (Å²) in [5.74, 6) is 0.288. The van der Waals surface area contributed by atoms with Gasteiger partial charge in [-0.05, 0) is 29.8 Å². The van der Waals surface area contributed by atoms with Crippen LogP contribution in [0.5, 0.6) is 5.75 Å². The number of rotatable bonds is 5. The van der Waals surface area contributed by atoms with Gasteiger partial charge in [0.1, 0.15) is 15.7 Å². The van der Waals surface area contributed by atoms with Crippen molar-refractivity contribution in [3.8, 4) is 11.8 Å². The number of anilines is 1. The van der Waals surface area contributed by atoms with Crippen LogP contribution in [0.3, 0.4) is 0 Å². The Kier molecular flexibility index (Phi) is 5.37. The summed E-state index contributed by atoms with van der Waals surface area (Å²) in [5.41, 5.74) is 1.15. The monoisotopic (exact) mass is 370 g/mol. The molecule has 23 heavy (non-hydrogen) atoms. The van der Waals surface area contributed by atoms with E-state index in [1.54, 1.807) is 24.3 Å². The van der Waals surface area contributed by atoms with E-state index in [-0.39, 0.29) is 27.1 Å². The van der Waals surface area contributed by atoms with Crippen molar-refractivity contribution in [3.05, 3.63) is 52.0 Å². The van der Waals surface area contributed by atoms with Crippen molar-refractivity contribution in [3.63, 3.8) is 0 Å². The number of benzene rings is 2. The van der Waals surface area contributed by atoms with Gasteiger partial charge >= 0.3 is 0 Å². The van der Waals surface area contributed by atoms with Gasteiger partial charge in [0.25, 0.3) is 10.0 Å². The quantitative estimate of drug-likeness (QED) is 0.865. The summed E-state index contributed by atoms with van der Waals surface area (Å²) in [7, 11) is -2.49. The van der Waals surface area contributed by atoms with E-state index < -0.39 is 10.0 Å². The van der Waals surface area contributed by atoms with E-state index in [1.165, 1.54) is 19.2 Å². The number of hydrogen-bond donors (Lipinski definition) is 1. The molecule has 2 aromatic carbocycles. The molecule has 0 fully saturated rings. The largest absolute Gasteiger partial charge is 0.495 e. The Labute approximate surface area is 144 Å². The summed E-state index contributed by atoms with van der Waals surface area (Å²) in [6, 6.07) is 11.3. The number of nitrogens with one attached hydrogen (secondary N) is 1. The molecule has 0 atom stereocenters. The van der Waals surface area contributed by atoms with E-state index in [0.717, 1.165) is 5.56 Å². The van der Waals surface area contributed by atoms with Crippen LogP contribution in [0, 0.1) is 11.3 Å². The number of nitrogens with zero attached hydrogens (tertiary/aromatic N) is 1. The molecule has 0 radical (unpaired) electrons. The normalized spacial score (nSPS) is 10.9. The maximum absolute atomic E-state index is 12.4. The maximum atomic E-state index is 12.4. The first-order valence-corrected chi connectivity index (χ1v) is 8.63. The SMILES string of the molecule is COc1ccc(S(=O)(=O)Nc2ccc(CC#N)cc2)c(Cl)c1Cl. The molecular weight excluding hydrogens is 359 g/mol. The van der Waals surface area contributed by atoms with Crippen molar-refractivity contribution in [1.82, 2.24) is 0 Å². The lowest BCUT2D eigenvalue weighted by molar-refractivity contribution is 0.414. The predicted octanol–water partition coefficient (Wildman–Crippen LogP) is 3.87. The predicted molar refractivity (Wildman–Crippen MR) is 89.6 cm³/mol. The van der Waals surface area contributed by atoms with Gasteiger partial charge in [0.15, 0.2) is 0 Å². The second kappa shape index (κ2) is 7.09. The average Bonchev–Trinajstić information content (AvgIpc) is 2.51. The van der Waals surface area contributed by atoms with Gasteiger partial charge in [-0.3, -0.25) is 4.72 Å². The van der Waals surface area contributed by atoms with E-state index in [9.17, 15) is 8.42 Å². The molecule has 0 aliphatic carbocycles. The number of nitriles is 1. The summed E-state index contributed by atoms with van der Waals surface area (Å²) < 4.78 is 32.3. The van der Waals surface area contributed by atoms with Crippen LogP contribution in [0.2, 0.25) is 10.0 Å². The molecule has 0 aliphatic rings. The van der Waals surface area contributed by atoms with Crippen LogP contribution < -0.4 is 9.46 Å². The molecule has 2 aromatic rings. The minimum atomic E-state index is -3.90. The zero-order chi connectivity index (χ0) is 17.0. The van der Waals surface area contributed by atoms with Gasteiger partial charge in [-0.2, -0.15) is 5.26 Å². The van der Waals surface area contributed by atoms with Crippen molar-refractivity contribution in [2.75, 3.05) is 11.8 Å². The van der Waals surface area contributed by atoms with Crippen molar-refractivity contribution in [2.24, 2.45) is 0 Å².